The van der Waals surface area contributed by atoms with Crippen molar-refractivity contribution in [1.82, 2.24) is 0 Å². The van der Waals surface area contributed by atoms with Crippen molar-refractivity contribution in [2.45, 2.75) is 39.0 Å². The normalized spacial score (nSPS) is 44.9. The van der Waals surface area contributed by atoms with Crippen molar-refractivity contribution in [2.75, 3.05) is 6.61 Å². The molecule has 2 rings (SSSR count). The zero-order valence-electron chi connectivity index (χ0n) is 8.25. The van der Waals surface area contributed by atoms with E-state index in [0.717, 1.165) is 32.1 Å². The Morgan fingerprint density at radius 3 is 3.00 bits per heavy atom. The lowest BCUT2D eigenvalue weighted by molar-refractivity contribution is -0.125. The fraction of sp³-hybridized carbons (Fsp3) is 0.909. The second-order valence-electron chi connectivity index (χ2n) is 4.90. The first-order valence-corrected chi connectivity index (χ1v) is 5.29. The molecule has 2 heteroatoms. The molecule has 0 aliphatic heterocycles. The van der Waals surface area contributed by atoms with Gasteiger partial charge in [0.2, 0.25) is 0 Å². The van der Waals surface area contributed by atoms with E-state index < -0.39 is 0 Å². The zero-order chi connectivity index (χ0) is 9.47. The Morgan fingerprint density at radius 2 is 2.31 bits per heavy atom. The van der Waals surface area contributed by atoms with Gasteiger partial charge in [0.15, 0.2) is 0 Å². The summed E-state index contributed by atoms with van der Waals surface area (Å²) >= 11 is 0. The average molecular weight is 182 g/mol. The molecule has 2 aliphatic rings. The topological polar surface area (TPSA) is 37.3 Å². The van der Waals surface area contributed by atoms with Gasteiger partial charge in [-0.05, 0) is 36.5 Å². The number of fused-ring (bicyclic) bond motifs is 1. The van der Waals surface area contributed by atoms with E-state index in [2.05, 4.69) is 6.92 Å². The number of carbonyl (C=O) groups is 1. The van der Waals surface area contributed by atoms with Crippen LogP contribution in [0, 0.1) is 17.3 Å². The lowest BCUT2D eigenvalue weighted by Crippen LogP contribution is -2.36. The summed E-state index contributed by atoms with van der Waals surface area (Å²) < 4.78 is 0. The van der Waals surface area contributed by atoms with Crippen LogP contribution in [0.3, 0.4) is 0 Å². The highest BCUT2D eigenvalue weighted by Gasteiger charge is 2.48. The Labute approximate surface area is 79.3 Å². The molecule has 74 valence electrons. The van der Waals surface area contributed by atoms with Crippen LogP contribution < -0.4 is 0 Å². The van der Waals surface area contributed by atoms with Gasteiger partial charge < -0.3 is 5.11 Å². The van der Waals surface area contributed by atoms with Crippen LogP contribution in [0.2, 0.25) is 0 Å². The Balaban J connectivity index is 2.16. The molecular formula is C11H18O2. The summed E-state index contributed by atoms with van der Waals surface area (Å²) in [4.78, 5) is 11.3. The van der Waals surface area contributed by atoms with Gasteiger partial charge in [-0.3, -0.25) is 4.79 Å². The second kappa shape index (κ2) is 3.09. The van der Waals surface area contributed by atoms with Crippen molar-refractivity contribution in [2.24, 2.45) is 17.3 Å². The lowest BCUT2D eigenvalue weighted by atomic mass is 9.65. The third kappa shape index (κ3) is 1.32. The van der Waals surface area contributed by atoms with Crippen LogP contribution in [0.4, 0.5) is 0 Å². The maximum atomic E-state index is 11.3. The molecular weight excluding hydrogens is 164 g/mol. The SMILES string of the molecule is CC12CCC(=O)CC1CCC2CO. The Morgan fingerprint density at radius 1 is 1.54 bits per heavy atom. The number of Topliss-reactive ketones (excluding diaryl/α,β-unsaturated/α-hetero) is 1. The first-order chi connectivity index (χ1) is 6.16. The van der Waals surface area contributed by atoms with Crippen LogP contribution >= 0.6 is 0 Å². The van der Waals surface area contributed by atoms with Gasteiger partial charge in [-0.25, -0.2) is 0 Å². The van der Waals surface area contributed by atoms with E-state index in [-0.39, 0.29) is 5.41 Å². The van der Waals surface area contributed by atoms with E-state index in [1.807, 2.05) is 0 Å². The van der Waals surface area contributed by atoms with Crippen LogP contribution in [-0.2, 0) is 4.79 Å². The first-order valence-electron chi connectivity index (χ1n) is 5.29. The molecule has 13 heavy (non-hydrogen) atoms. The summed E-state index contributed by atoms with van der Waals surface area (Å²) in [6.07, 6.45) is 4.77. The molecule has 2 nitrogen and oxygen atoms in total. The summed E-state index contributed by atoms with van der Waals surface area (Å²) in [6, 6.07) is 0. The Bertz CT molecular complexity index is 224. The van der Waals surface area contributed by atoms with Gasteiger partial charge in [-0.2, -0.15) is 0 Å². The molecule has 0 saturated heterocycles. The van der Waals surface area contributed by atoms with Gasteiger partial charge in [0.1, 0.15) is 5.78 Å². The molecule has 0 spiro atoms. The summed E-state index contributed by atoms with van der Waals surface area (Å²) in [5.41, 5.74) is 0.267. The van der Waals surface area contributed by atoms with E-state index in [1.165, 1.54) is 0 Å². The first kappa shape index (κ1) is 9.20. The fourth-order valence-corrected chi connectivity index (χ4v) is 3.22. The molecule has 0 aromatic carbocycles. The molecule has 3 unspecified atom stereocenters. The van der Waals surface area contributed by atoms with Crippen molar-refractivity contribution in [3.63, 3.8) is 0 Å². The molecule has 0 radical (unpaired) electrons. The zero-order valence-corrected chi connectivity index (χ0v) is 8.25. The van der Waals surface area contributed by atoms with Crippen LogP contribution in [0.25, 0.3) is 0 Å². The average Bonchev–Trinajstić information content (AvgIpc) is 2.42. The molecule has 3 atom stereocenters. The smallest absolute Gasteiger partial charge is 0.133 e. The summed E-state index contributed by atoms with van der Waals surface area (Å²) in [6.45, 7) is 2.57. The molecule has 0 amide bonds. The fourth-order valence-electron chi connectivity index (χ4n) is 3.22. The molecule has 0 aromatic rings. The predicted molar refractivity (Wildman–Crippen MR) is 50.3 cm³/mol. The minimum Gasteiger partial charge on any atom is -0.396 e. The standard InChI is InChI=1S/C11H18O2/c1-11-5-4-10(13)6-8(11)2-3-9(11)7-12/h8-9,12H,2-7H2,1H3. The molecule has 1 N–H and O–H groups in total. The molecule has 0 bridgehead atoms. The monoisotopic (exact) mass is 182 g/mol. The predicted octanol–water partition coefficient (Wildman–Crippen LogP) is 1.76. The second-order valence-corrected chi connectivity index (χ2v) is 4.90. The van der Waals surface area contributed by atoms with Crippen LogP contribution in [0.1, 0.15) is 39.0 Å². The van der Waals surface area contributed by atoms with E-state index >= 15 is 0 Å². The maximum Gasteiger partial charge on any atom is 0.133 e. The minimum absolute atomic E-state index is 0.267. The lowest BCUT2D eigenvalue weighted by Gasteiger charge is -2.39. The summed E-state index contributed by atoms with van der Waals surface area (Å²) in [5.74, 6) is 1.44. The molecule has 2 saturated carbocycles. The van der Waals surface area contributed by atoms with Gasteiger partial charge in [-0.15, -0.1) is 0 Å². The van der Waals surface area contributed by atoms with E-state index in [0.29, 0.717) is 24.2 Å². The number of hydrogen-bond acceptors (Lipinski definition) is 2. The molecule has 2 fully saturated rings. The van der Waals surface area contributed by atoms with Gasteiger partial charge in [-0.1, -0.05) is 6.92 Å². The Kier molecular flexibility index (Phi) is 2.18. The molecule has 0 heterocycles. The van der Waals surface area contributed by atoms with Gasteiger partial charge in [0.25, 0.3) is 0 Å². The van der Waals surface area contributed by atoms with Crippen molar-refractivity contribution in [3.05, 3.63) is 0 Å². The maximum absolute atomic E-state index is 11.3. The number of carbonyl (C=O) groups excluding carboxylic acids is 1. The highest BCUT2D eigenvalue weighted by atomic mass is 16.3. The Hall–Kier alpha value is -0.370. The van der Waals surface area contributed by atoms with Gasteiger partial charge in [0, 0.05) is 19.4 Å². The third-order valence-electron chi connectivity index (χ3n) is 4.37. The van der Waals surface area contributed by atoms with E-state index in [4.69, 9.17) is 0 Å². The summed E-state index contributed by atoms with van der Waals surface area (Å²) in [5, 5.41) is 9.25. The molecule has 0 aromatic heterocycles. The van der Waals surface area contributed by atoms with Crippen molar-refractivity contribution >= 4 is 5.78 Å². The van der Waals surface area contributed by atoms with E-state index in [9.17, 15) is 9.90 Å². The largest absolute Gasteiger partial charge is 0.396 e. The van der Waals surface area contributed by atoms with Crippen molar-refractivity contribution < 1.29 is 9.90 Å². The van der Waals surface area contributed by atoms with Crippen molar-refractivity contribution in [3.8, 4) is 0 Å². The van der Waals surface area contributed by atoms with Gasteiger partial charge >= 0.3 is 0 Å². The number of aliphatic hydroxyl groups is 1. The summed E-state index contributed by atoms with van der Waals surface area (Å²) in [7, 11) is 0. The molecule has 2 aliphatic carbocycles. The number of aliphatic hydroxyl groups excluding tert-OH is 1. The highest BCUT2D eigenvalue weighted by Crippen LogP contribution is 2.54. The van der Waals surface area contributed by atoms with Crippen LogP contribution in [0.5, 0.6) is 0 Å². The number of rotatable bonds is 1. The van der Waals surface area contributed by atoms with E-state index in [1.54, 1.807) is 0 Å². The van der Waals surface area contributed by atoms with Gasteiger partial charge in [0.05, 0.1) is 0 Å². The van der Waals surface area contributed by atoms with Crippen LogP contribution in [0.15, 0.2) is 0 Å². The number of hydrogen-bond donors (Lipinski definition) is 1. The highest BCUT2D eigenvalue weighted by molar-refractivity contribution is 5.79. The van der Waals surface area contributed by atoms with Crippen molar-refractivity contribution in [1.29, 1.82) is 0 Å². The minimum atomic E-state index is 0.267. The van der Waals surface area contributed by atoms with Crippen LogP contribution in [-0.4, -0.2) is 17.5 Å². The number of ketones is 1. The quantitative estimate of drug-likeness (QED) is 0.671. The third-order valence-corrected chi connectivity index (χ3v) is 4.37.